The molecule has 3 rings (SSSR count). The van der Waals surface area contributed by atoms with Crippen LogP contribution < -0.4 is 10.1 Å². The van der Waals surface area contributed by atoms with E-state index in [2.05, 4.69) is 23.5 Å². The van der Waals surface area contributed by atoms with Crippen molar-refractivity contribution in [2.24, 2.45) is 0 Å². The predicted molar refractivity (Wildman–Crippen MR) is 97.8 cm³/mol. The average molecular weight is 339 g/mol. The fraction of sp³-hybridized carbons (Fsp3) is 0.381. The number of fused-ring (bicyclic) bond motifs is 1. The number of carbonyl (C=O) groups excluding carboxylic acids is 1. The van der Waals surface area contributed by atoms with Gasteiger partial charge in [0.25, 0.3) is 0 Å². The second kappa shape index (κ2) is 7.28. The van der Waals surface area contributed by atoms with Gasteiger partial charge < -0.3 is 14.8 Å². The van der Waals surface area contributed by atoms with Gasteiger partial charge in [0.2, 0.25) is 0 Å². The van der Waals surface area contributed by atoms with Gasteiger partial charge >= 0.3 is 5.97 Å². The molecule has 0 unspecified atom stereocenters. The third-order valence-corrected chi connectivity index (χ3v) is 4.00. The third-order valence-electron chi connectivity index (χ3n) is 4.00. The normalized spacial score (nSPS) is 13.2. The van der Waals surface area contributed by atoms with Gasteiger partial charge in [0, 0.05) is 19.5 Å². The molecule has 0 bridgehead atoms. The number of nitrogens with one attached hydrogen (secondary N) is 1. The minimum atomic E-state index is -0.474. The number of hydrogen-bond acceptors (Lipinski definition) is 4. The van der Waals surface area contributed by atoms with Crippen LogP contribution >= 0.6 is 0 Å². The number of ether oxygens (including phenoxy) is 2. The molecule has 0 saturated heterocycles. The van der Waals surface area contributed by atoms with E-state index in [4.69, 9.17) is 9.47 Å². The monoisotopic (exact) mass is 339 g/mol. The van der Waals surface area contributed by atoms with Crippen molar-refractivity contribution < 1.29 is 14.3 Å². The summed E-state index contributed by atoms with van der Waals surface area (Å²) in [5, 5.41) is 3.44. The molecule has 4 heteroatoms. The highest BCUT2D eigenvalue weighted by Crippen LogP contribution is 2.25. The lowest BCUT2D eigenvalue weighted by Crippen LogP contribution is -2.23. The van der Waals surface area contributed by atoms with Crippen molar-refractivity contribution in [3.05, 3.63) is 64.7 Å². The molecule has 1 aliphatic heterocycles. The Morgan fingerprint density at radius 1 is 1.08 bits per heavy atom. The van der Waals surface area contributed by atoms with Crippen LogP contribution in [-0.4, -0.2) is 18.2 Å². The van der Waals surface area contributed by atoms with Gasteiger partial charge in [0.15, 0.2) is 0 Å². The Morgan fingerprint density at radius 2 is 1.76 bits per heavy atom. The quantitative estimate of drug-likeness (QED) is 0.840. The zero-order valence-corrected chi connectivity index (χ0v) is 15.1. The van der Waals surface area contributed by atoms with E-state index in [-0.39, 0.29) is 5.97 Å². The molecule has 0 aliphatic carbocycles. The van der Waals surface area contributed by atoms with Crippen molar-refractivity contribution in [2.75, 3.05) is 6.61 Å². The minimum absolute atomic E-state index is 0.285. The molecule has 0 atom stereocenters. The van der Waals surface area contributed by atoms with Crippen molar-refractivity contribution >= 4 is 5.97 Å². The molecule has 0 aromatic heterocycles. The summed E-state index contributed by atoms with van der Waals surface area (Å²) < 4.78 is 10.9. The number of hydrogen-bond donors (Lipinski definition) is 1. The maximum Gasteiger partial charge on any atom is 0.338 e. The molecule has 2 aromatic rings. The van der Waals surface area contributed by atoms with E-state index in [1.165, 1.54) is 11.1 Å². The van der Waals surface area contributed by atoms with Gasteiger partial charge in [0.05, 0.1) is 12.2 Å². The minimum Gasteiger partial charge on any atom is -0.493 e. The van der Waals surface area contributed by atoms with E-state index in [0.717, 1.165) is 37.4 Å². The fourth-order valence-electron chi connectivity index (χ4n) is 2.80. The molecule has 0 saturated carbocycles. The molecular weight excluding hydrogens is 314 g/mol. The van der Waals surface area contributed by atoms with E-state index in [1.54, 1.807) is 0 Å². The van der Waals surface area contributed by atoms with Crippen molar-refractivity contribution in [1.29, 1.82) is 0 Å². The largest absolute Gasteiger partial charge is 0.493 e. The molecule has 2 aromatic carbocycles. The highest BCUT2D eigenvalue weighted by molar-refractivity contribution is 5.89. The zero-order valence-electron chi connectivity index (χ0n) is 15.1. The summed E-state index contributed by atoms with van der Waals surface area (Å²) in [6, 6.07) is 13.9. The van der Waals surface area contributed by atoms with E-state index in [9.17, 15) is 4.79 Å². The van der Waals surface area contributed by atoms with Crippen LogP contribution in [-0.2, 0) is 24.2 Å². The van der Waals surface area contributed by atoms with Gasteiger partial charge in [-0.05, 0) is 55.7 Å². The van der Waals surface area contributed by atoms with Crippen LogP contribution in [0, 0.1) is 0 Å². The molecule has 1 aliphatic rings. The molecular formula is C21H25NO3. The molecule has 132 valence electrons. The zero-order chi connectivity index (χ0) is 17.9. The van der Waals surface area contributed by atoms with Crippen LogP contribution in [0.1, 0.15) is 47.8 Å². The fourth-order valence-corrected chi connectivity index (χ4v) is 2.80. The van der Waals surface area contributed by atoms with Gasteiger partial charge in [-0.1, -0.05) is 24.3 Å². The summed E-state index contributed by atoms with van der Waals surface area (Å²) in [7, 11) is 0. The Hall–Kier alpha value is -2.33. The van der Waals surface area contributed by atoms with Crippen LogP contribution in [0.2, 0.25) is 0 Å². The van der Waals surface area contributed by atoms with Gasteiger partial charge in [-0.3, -0.25) is 0 Å². The molecule has 1 heterocycles. The molecule has 0 spiro atoms. The van der Waals surface area contributed by atoms with Crippen LogP contribution in [0.25, 0.3) is 0 Å². The van der Waals surface area contributed by atoms with Gasteiger partial charge in [0.1, 0.15) is 11.4 Å². The second-order valence-electron chi connectivity index (χ2n) is 7.34. The maximum absolute atomic E-state index is 12.0. The molecule has 0 radical (unpaired) electrons. The topological polar surface area (TPSA) is 47.6 Å². The maximum atomic E-state index is 12.0. The first-order valence-electron chi connectivity index (χ1n) is 8.68. The SMILES string of the molecule is CC(C)(C)OC(=O)c1ccc(CNCc2ccc3c(c2)CCO3)cc1. The summed E-state index contributed by atoms with van der Waals surface area (Å²) in [4.78, 5) is 12.0. The predicted octanol–water partition coefficient (Wildman–Crippen LogP) is 3.87. The van der Waals surface area contributed by atoms with Crippen LogP contribution in [0.15, 0.2) is 42.5 Å². The van der Waals surface area contributed by atoms with Gasteiger partial charge in [-0.15, -0.1) is 0 Å². The average Bonchev–Trinajstić information content (AvgIpc) is 3.01. The number of esters is 1. The van der Waals surface area contributed by atoms with E-state index in [1.807, 2.05) is 45.0 Å². The molecule has 4 nitrogen and oxygen atoms in total. The van der Waals surface area contributed by atoms with Crippen molar-refractivity contribution in [2.45, 2.75) is 45.9 Å². The van der Waals surface area contributed by atoms with Crippen LogP contribution in [0.3, 0.4) is 0 Å². The van der Waals surface area contributed by atoms with Crippen molar-refractivity contribution in [1.82, 2.24) is 5.32 Å². The number of carbonyl (C=O) groups is 1. The first-order chi connectivity index (χ1) is 11.9. The Kier molecular flexibility index (Phi) is 5.09. The smallest absolute Gasteiger partial charge is 0.338 e. The lowest BCUT2D eigenvalue weighted by Gasteiger charge is -2.19. The summed E-state index contributed by atoms with van der Waals surface area (Å²) in [5.41, 5.74) is 3.79. The highest BCUT2D eigenvalue weighted by Gasteiger charge is 2.17. The standard InChI is InChI=1S/C21H25NO3/c1-21(2,3)25-20(23)17-7-4-15(5-8-17)13-22-14-16-6-9-19-18(12-16)10-11-24-19/h4-9,12,22H,10-11,13-14H2,1-3H3. The third kappa shape index (κ3) is 4.83. The van der Waals surface area contributed by atoms with Gasteiger partial charge in [-0.25, -0.2) is 4.79 Å². The van der Waals surface area contributed by atoms with E-state index in [0.29, 0.717) is 5.56 Å². The summed E-state index contributed by atoms with van der Waals surface area (Å²) in [6.45, 7) is 7.95. The molecule has 25 heavy (non-hydrogen) atoms. The molecule has 0 amide bonds. The van der Waals surface area contributed by atoms with Crippen molar-refractivity contribution in [3.63, 3.8) is 0 Å². The lowest BCUT2D eigenvalue weighted by atomic mass is 10.1. The summed E-state index contributed by atoms with van der Waals surface area (Å²) >= 11 is 0. The molecule has 1 N–H and O–H groups in total. The molecule has 0 fully saturated rings. The summed E-state index contributed by atoms with van der Waals surface area (Å²) in [6.07, 6.45) is 0.995. The van der Waals surface area contributed by atoms with E-state index >= 15 is 0 Å². The Balaban J connectivity index is 1.51. The van der Waals surface area contributed by atoms with Gasteiger partial charge in [-0.2, -0.15) is 0 Å². The first-order valence-corrected chi connectivity index (χ1v) is 8.68. The summed E-state index contributed by atoms with van der Waals surface area (Å²) in [5.74, 6) is 0.730. The Bertz CT molecular complexity index is 745. The number of rotatable bonds is 5. The van der Waals surface area contributed by atoms with E-state index < -0.39 is 5.60 Å². The number of benzene rings is 2. The Morgan fingerprint density at radius 3 is 2.48 bits per heavy atom. The Labute approximate surface area is 149 Å². The van der Waals surface area contributed by atoms with Crippen LogP contribution in [0.5, 0.6) is 5.75 Å². The second-order valence-corrected chi connectivity index (χ2v) is 7.34. The van der Waals surface area contributed by atoms with Crippen LogP contribution in [0.4, 0.5) is 0 Å². The lowest BCUT2D eigenvalue weighted by molar-refractivity contribution is 0.00695. The van der Waals surface area contributed by atoms with Crippen molar-refractivity contribution in [3.8, 4) is 5.75 Å². The first kappa shape index (κ1) is 17.5. The highest BCUT2D eigenvalue weighted by atomic mass is 16.6.